The topological polar surface area (TPSA) is 82.3 Å². The second-order valence-electron chi connectivity index (χ2n) is 3.89. The zero-order valence-corrected chi connectivity index (χ0v) is 12.1. The standard InChI is InChI=1S/C12H16N4O3S/c1-18-10-4-3-9(7-11(10)19-2)8-20-12-13-14-15-16(12)5-6-17/h3-4,7,17H,5-6,8H2,1-2H3. The molecule has 0 aliphatic rings. The minimum absolute atomic E-state index is 0.00889. The van der Waals surface area contributed by atoms with Crippen molar-refractivity contribution in [2.24, 2.45) is 0 Å². The zero-order valence-electron chi connectivity index (χ0n) is 11.3. The molecule has 1 aromatic carbocycles. The molecule has 0 atom stereocenters. The number of tetrazole rings is 1. The average molecular weight is 296 g/mol. The Labute approximate surface area is 120 Å². The minimum Gasteiger partial charge on any atom is -0.493 e. The van der Waals surface area contributed by atoms with Crippen LogP contribution in [-0.4, -0.2) is 46.1 Å². The van der Waals surface area contributed by atoms with Crippen LogP contribution >= 0.6 is 11.8 Å². The van der Waals surface area contributed by atoms with E-state index in [-0.39, 0.29) is 6.61 Å². The molecule has 2 rings (SSSR count). The normalized spacial score (nSPS) is 10.6. The van der Waals surface area contributed by atoms with Crippen LogP contribution in [-0.2, 0) is 12.3 Å². The number of rotatable bonds is 7. The molecule has 0 unspecified atom stereocenters. The first-order valence-corrected chi connectivity index (χ1v) is 6.97. The Morgan fingerprint density at radius 1 is 1.25 bits per heavy atom. The zero-order chi connectivity index (χ0) is 14.4. The van der Waals surface area contributed by atoms with Crippen LogP contribution in [0.3, 0.4) is 0 Å². The quantitative estimate of drug-likeness (QED) is 0.762. The van der Waals surface area contributed by atoms with Gasteiger partial charge in [-0.15, -0.1) is 5.10 Å². The number of methoxy groups -OCH3 is 2. The Bertz CT molecular complexity index is 561. The van der Waals surface area contributed by atoms with E-state index in [0.717, 1.165) is 5.56 Å². The van der Waals surface area contributed by atoms with Crippen LogP contribution in [0.1, 0.15) is 5.56 Å². The highest BCUT2D eigenvalue weighted by atomic mass is 32.2. The SMILES string of the molecule is COc1ccc(CSc2nnnn2CCO)cc1OC. The van der Waals surface area contributed by atoms with Gasteiger partial charge in [0, 0.05) is 5.75 Å². The third-order valence-corrected chi connectivity index (χ3v) is 3.65. The van der Waals surface area contributed by atoms with Gasteiger partial charge in [-0.1, -0.05) is 17.8 Å². The van der Waals surface area contributed by atoms with E-state index in [0.29, 0.717) is 29.0 Å². The summed E-state index contributed by atoms with van der Waals surface area (Å²) in [6, 6.07) is 5.76. The van der Waals surface area contributed by atoms with E-state index in [1.165, 1.54) is 11.8 Å². The van der Waals surface area contributed by atoms with Gasteiger partial charge in [0.1, 0.15) is 0 Å². The smallest absolute Gasteiger partial charge is 0.209 e. The molecule has 0 saturated heterocycles. The largest absolute Gasteiger partial charge is 0.493 e. The first kappa shape index (κ1) is 14.6. The average Bonchev–Trinajstić information content (AvgIpc) is 2.92. The van der Waals surface area contributed by atoms with Crippen molar-refractivity contribution in [2.75, 3.05) is 20.8 Å². The first-order chi connectivity index (χ1) is 9.78. The van der Waals surface area contributed by atoms with Gasteiger partial charge in [-0.3, -0.25) is 0 Å². The molecule has 1 N–H and O–H groups in total. The predicted octanol–water partition coefficient (Wildman–Crippen LogP) is 0.975. The summed E-state index contributed by atoms with van der Waals surface area (Å²) < 4.78 is 12.0. The van der Waals surface area contributed by atoms with E-state index in [1.807, 2.05) is 18.2 Å². The number of benzene rings is 1. The van der Waals surface area contributed by atoms with E-state index < -0.39 is 0 Å². The lowest BCUT2D eigenvalue weighted by atomic mass is 10.2. The summed E-state index contributed by atoms with van der Waals surface area (Å²) in [4.78, 5) is 0. The van der Waals surface area contributed by atoms with Crippen LogP contribution in [0.15, 0.2) is 23.4 Å². The molecule has 7 nitrogen and oxygen atoms in total. The Hall–Kier alpha value is -1.80. The summed E-state index contributed by atoms with van der Waals surface area (Å²) in [5.74, 6) is 2.10. The first-order valence-electron chi connectivity index (χ1n) is 5.99. The maximum atomic E-state index is 8.92. The highest BCUT2D eigenvalue weighted by Gasteiger charge is 2.09. The monoisotopic (exact) mass is 296 g/mol. The second kappa shape index (κ2) is 7.11. The second-order valence-corrected chi connectivity index (χ2v) is 4.83. The molecule has 0 radical (unpaired) electrons. The Balaban J connectivity index is 2.05. The van der Waals surface area contributed by atoms with E-state index in [1.54, 1.807) is 18.9 Å². The maximum absolute atomic E-state index is 8.92. The molecule has 0 spiro atoms. The van der Waals surface area contributed by atoms with Gasteiger partial charge in [0.25, 0.3) is 0 Å². The van der Waals surface area contributed by atoms with Crippen LogP contribution in [0.4, 0.5) is 0 Å². The van der Waals surface area contributed by atoms with E-state index in [2.05, 4.69) is 15.5 Å². The summed E-state index contributed by atoms with van der Waals surface area (Å²) in [5, 5.41) is 20.9. The molecule has 0 saturated carbocycles. The molecule has 108 valence electrons. The van der Waals surface area contributed by atoms with Crippen LogP contribution in [0.2, 0.25) is 0 Å². The van der Waals surface area contributed by atoms with Gasteiger partial charge in [0.05, 0.1) is 27.4 Å². The van der Waals surface area contributed by atoms with Gasteiger partial charge in [-0.25, -0.2) is 4.68 Å². The van der Waals surface area contributed by atoms with Crippen LogP contribution < -0.4 is 9.47 Å². The molecular formula is C12H16N4O3S. The van der Waals surface area contributed by atoms with Crippen molar-refractivity contribution in [1.82, 2.24) is 20.2 Å². The van der Waals surface area contributed by atoms with Crippen LogP contribution in [0, 0.1) is 0 Å². The Morgan fingerprint density at radius 3 is 2.75 bits per heavy atom. The summed E-state index contributed by atoms with van der Waals surface area (Å²) in [5.41, 5.74) is 1.08. The fourth-order valence-corrected chi connectivity index (χ4v) is 2.50. The van der Waals surface area contributed by atoms with Crippen molar-refractivity contribution in [3.8, 4) is 11.5 Å². The van der Waals surface area contributed by atoms with Gasteiger partial charge in [-0.05, 0) is 28.1 Å². The number of aliphatic hydroxyl groups is 1. The van der Waals surface area contributed by atoms with Crippen molar-refractivity contribution < 1.29 is 14.6 Å². The molecule has 20 heavy (non-hydrogen) atoms. The number of thioether (sulfide) groups is 1. The molecular weight excluding hydrogens is 280 g/mol. The maximum Gasteiger partial charge on any atom is 0.209 e. The van der Waals surface area contributed by atoms with Gasteiger partial charge < -0.3 is 14.6 Å². The third-order valence-electron chi connectivity index (χ3n) is 2.63. The molecule has 1 heterocycles. The van der Waals surface area contributed by atoms with Gasteiger partial charge in [0.2, 0.25) is 5.16 Å². The lowest BCUT2D eigenvalue weighted by Crippen LogP contribution is -2.05. The van der Waals surface area contributed by atoms with Crippen molar-refractivity contribution in [1.29, 1.82) is 0 Å². The minimum atomic E-state index is 0.00889. The molecule has 0 bridgehead atoms. The number of aliphatic hydroxyl groups excluding tert-OH is 1. The van der Waals surface area contributed by atoms with Crippen LogP contribution in [0.25, 0.3) is 0 Å². The summed E-state index contributed by atoms with van der Waals surface area (Å²) in [7, 11) is 3.21. The predicted molar refractivity (Wildman–Crippen MR) is 74.0 cm³/mol. The van der Waals surface area contributed by atoms with E-state index >= 15 is 0 Å². The molecule has 0 aliphatic heterocycles. The summed E-state index contributed by atoms with van der Waals surface area (Å²) in [6.45, 7) is 0.399. The van der Waals surface area contributed by atoms with Gasteiger partial charge in [-0.2, -0.15) is 0 Å². The highest BCUT2D eigenvalue weighted by Crippen LogP contribution is 2.30. The number of hydrogen-bond donors (Lipinski definition) is 1. The van der Waals surface area contributed by atoms with Crippen molar-refractivity contribution in [3.05, 3.63) is 23.8 Å². The van der Waals surface area contributed by atoms with Gasteiger partial charge in [0.15, 0.2) is 11.5 Å². The van der Waals surface area contributed by atoms with Crippen molar-refractivity contribution in [2.45, 2.75) is 17.5 Å². The molecule has 1 aromatic heterocycles. The van der Waals surface area contributed by atoms with E-state index in [9.17, 15) is 0 Å². The Kier molecular flexibility index (Phi) is 5.19. The molecule has 0 amide bonds. The number of hydrogen-bond acceptors (Lipinski definition) is 7. The highest BCUT2D eigenvalue weighted by molar-refractivity contribution is 7.98. The fraction of sp³-hybridized carbons (Fsp3) is 0.417. The molecule has 0 aliphatic carbocycles. The summed E-state index contributed by atoms with van der Waals surface area (Å²) in [6.07, 6.45) is 0. The van der Waals surface area contributed by atoms with Crippen molar-refractivity contribution in [3.63, 3.8) is 0 Å². The lowest BCUT2D eigenvalue weighted by Gasteiger charge is -2.09. The molecule has 0 fully saturated rings. The number of ether oxygens (including phenoxy) is 2. The Morgan fingerprint density at radius 2 is 2.05 bits per heavy atom. The third kappa shape index (κ3) is 3.40. The molecule has 2 aromatic rings. The van der Waals surface area contributed by atoms with Crippen LogP contribution in [0.5, 0.6) is 11.5 Å². The number of nitrogens with zero attached hydrogens (tertiary/aromatic N) is 4. The number of aromatic nitrogens is 4. The van der Waals surface area contributed by atoms with E-state index in [4.69, 9.17) is 14.6 Å². The summed E-state index contributed by atoms with van der Waals surface area (Å²) >= 11 is 1.50. The lowest BCUT2D eigenvalue weighted by molar-refractivity contribution is 0.262. The fourth-order valence-electron chi connectivity index (χ4n) is 1.65. The van der Waals surface area contributed by atoms with Gasteiger partial charge >= 0.3 is 0 Å². The molecule has 8 heteroatoms. The van der Waals surface area contributed by atoms with Crippen molar-refractivity contribution >= 4 is 11.8 Å².